The molecule has 0 saturated heterocycles. The molecule has 4 N–H and O–H groups in total. The zero-order chi connectivity index (χ0) is 17.3. The molecule has 3 rings (SSSR count). The second-order valence-corrected chi connectivity index (χ2v) is 6.30. The maximum Gasteiger partial charge on any atom is 0.123 e. The average Bonchev–Trinajstić information content (AvgIpc) is 3.16. The van der Waals surface area contributed by atoms with E-state index in [1.165, 1.54) is 5.56 Å². The normalized spacial score (nSPS) is 12.2. The maximum atomic E-state index is 6.28. The van der Waals surface area contributed by atoms with E-state index in [4.69, 9.17) is 5.73 Å². The number of benzene rings is 2. The molecule has 0 aliphatic rings. The van der Waals surface area contributed by atoms with E-state index in [0.717, 1.165) is 49.4 Å². The zero-order valence-corrected chi connectivity index (χ0v) is 14.5. The van der Waals surface area contributed by atoms with E-state index >= 15 is 0 Å². The van der Waals surface area contributed by atoms with E-state index < -0.39 is 0 Å². The molecule has 4 heteroatoms. The lowest BCUT2D eigenvalue weighted by Gasteiger charge is -2.09. The SMILES string of the molecule is NC(CCCCNCc1ccccc1)c1nc(-c2ccccc2)c[nH]1. The number of aromatic nitrogens is 2. The maximum absolute atomic E-state index is 6.28. The number of hydrogen-bond acceptors (Lipinski definition) is 3. The third kappa shape index (κ3) is 5.28. The minimum atomic E-state index is -0.0356. The Labute approximate surface area is 149 Å². The lowest BCUT2D eigenvalue weighted by Crippen LogP contribution is -2.16. The number of imidazole rings is 1. The van der Waals surface area contributed by atoms with Crippen LogP contribution in [-0.4, -0.2) is 16.5 Å². The van der Waals surface area contributed by atoms with Crippen molar-refractivity contribution in [2.45, 2.75) is 31.8 Å². The zero-order valence-electron chi connectivity index (χ0n) is 14.5. The summed E-state index contributed by atoms with van der Waals surface area (Å²) in [7, 11) is 0. The first kappa shape index (κ1) is 17.4. The first-order valence-electron chi connectivity index (χ1n) is 8.94. The van der Waals surface area contributed by atoms with Crippen LogP contribution in [0.1, 0.15) is 36.7 Å². The fraction of sp³-hybridized carbons (Fsp3) is 0.286. The molecule has 1 atom stereocenters. The second-order valence-electron chi connectivity index (χ2n) is 6.30. The van der Waals surface area contributed by atoms with Crippen molar-refractivity contribution in [1.82, 2.24) is 15.3 Å². The molecule has 1 aromatic heterocycles. The van der Waals surface area contributed by atoms with Gasteiger partial charge in [0.1, 0.15) is 5.82 Å². The molecule has 2 aromatic carbocycles. The molecule has 0 radical (unpaired) electrons. The van der Waals surface area contributed by atoms with Crippen LogP contribution in [0.25, 0.3) is 11.3 Å². The van der Waals surface area contributed by atoms with Gasteiger partial charge in [0.05, 0.1) is 11.7 Å². The average molecular weight is 334 g/mol. The molecular formula is C21H26N4. The van der Waals surface area contributed by atoms with Crippen LogP contribution in [0, 0.1) is 0 Å². The van der Waals surface area contributed by atoms with E-state index in [1.54, 1.807) is 0 Å². The molecule has 0 saturated carbocycles. The number of rotatable bonds is 9. The minimum Gasteiger partial charge on any atom is -0.347 e. The van der Waals surface area contributed by atoms with Crippen molar-refractivity contribution in [2.24, 2.45) is 5.73 Å². The van der Waals surface area contributed by atoms with E-state index in [-0.39, 0.29) is 6.04 Å². The molecule has 25 heavy (non-hydrogen) atoms. The van der Waals surface area contributed by atoms with E-state index in [1.807, 2.05) is 30.5 Å². The van der Waals surface area contributed by atoms with Crippen molar-refractivity contribution in [2.75, 3.05) is 6.54 Å². The Morgan fingerprint density at radius 3 is 2.44 bits per heavy atom. The number of unbranched alkanes of at least 4 members (excludes halogenated alkanes) is 1. The molecule has 0 aliphatic carbocycles. The second kappa shape index (κ2) is 9.16. The molecule has 0 fully saturated rings. The molecular weight excluding hydrogens is 308 g/mol. The van der Waals surface area contributed by atoms with E-state index in [0.29, 0.717) is 0 Å². The van der Waals surface area contributed by atoms with Crippen LogP contribution in [0.15, 0.2) is 66.9 Å². The van der Waals surface area contributed by atoms with Gasteiger partial charge in [0.15, 0.2) is 0 Å². The van der Waals surface area contributed by atoms with Gasteiger partial charge in [-0.3, -0.25) is 0 Å². The number of H-pyrrole nitrogens is 1. The molecule has 0 bridgehead atoms. The Bertz CT molecular complexity index is 737. The Hall–Kier alpha value is -2.43. The van der Waals surface area contributed by atoms with Crippen molar-refractivity contribution in [3.8, 4) is 11.3 Å². The summed E-state index contributed by atoms with van der Waals surface area (Å²) in [5.41, 5.74) is 9.67. The van der Waals surface area contributed by atoms with Crippen molar-refractivity contribution < 1.29 is 0 Å². The predicted octanol–water partition coefficient (Wildman–Crippen LogP) is 4.04. The molecule has 0 amide bonds. The Morgan fingerprint density at radius 2 is 1.68 bits per heavy atom. The quantitative estimate of drug-likeness (QED) is 0.517. The predicted molar refractivity (Wildman–Crippen MR) is 103 cm³/mol. The van der Waals surface area contributed by atoms with Gasteiger partial charge >= 0.3 is 0 Å². The summed E-state index contributed by atoms with van der Waals surface area (Å²) < 4.78 is 0. The summed E-state index contributed by atoms with van der Waals surface area (Å²) in [5.74, 6) is 0.871. The summed E-state index contributed by atoms with van der Waals surface area (Å²) in [4.78, 5) is 7.86. The summed E-state index contributed by atoms with van der Waals surface area (Å²) in [6.45, 7) is 1.93. The Morgan fingerprint density at radius 1 is 0.960 bits per heavy atom. The number of nitrogens with zero attached hydrogens (tertiary/aromatic N) is 1. The highest BCUT2D eigenvalue weighted by atomic mass is 15.0. The van der Waals surface area contributed by atoms with Gasteiger partial charge in [-0.2, -0.15) is 0 Å². The molecule has 0 aliphatic heterocycles. The third-order valence-corrected chi connectivity index (χ3v) is 4.31. The van der Waals surface area contributed by atoms with E-state index in [9.17, 15) is 0 Å². The van der Waals surface area contributed by atoms with E-state index in [2.05, 4.69) is 51.7 Å². The van der Waals surface area contributed by atoms with Gasteiger partial charge in [0.2, 0.25) is 0 Å². The van der Waals surface area contributed by atoms with Crippen molar-refractivity contribution >= 4 is 0 Å². The highest BCUT2D eigenvalue weighted by Gasteiger charge is 2.11. The number of hydrogen-bond donors (Lipinski definition) is 3. The van der Waals surface area contributed by atoms with Crippen LogP contribution >= 0.6 is 0 Å². The van der Waals surface area contributed by atoms with Crippen LogP contribution in [0.4, 0.5) is 0 Å². The summed E-state index contributed by atoms with van der Waals surface area (Å²) >= 11 is 0. The Balaban J connectivity index is 1.37. The van der Waals surface area contributed by atoms with Crippen LogP contribution in [0.3, 0.4) is 0 Å². The van der Waals surface area contributed by atoms with Gasteiger partial charge in [-0.25, -0.2) is 4.98 Å². The lowest BCUT2D eigenvalue weighted by molar-refractivity contribution is 0.543. The van der Waals surface area contributed by atoms with Crippen LogP contribution in [0.5, 0.6) is 0 Å². The fourth-order valence-electron chi connectivity index (χ4n) is 2.86. The van der Waals surface area contributed by atoms with Gasteiger partial charge in [0, 0.05) is 18.3 Å². The van der Waals surface area contributed by atoms with Gasteiger partial charge < -0.3 is 16.0 Å². The highest BCUT2D eigenvalue weighted by molar-refractivity contribution is 5.58. The largest absolute Gasteiger partial charge is 0.347 e. The van der Waals surface area contributed by atoms with Gasteiger partial charge in [-0.05, 0) is 24.9 Å². The molecule has 1 unspecified atom stereocenters. The molecule has 130 valence electrons. The number of nitrogens with two attached hydrogens (primary N) is 1. The minimum absolute atomic E-state index is 0.0356. The van der Waals surface area contributed by atoms with Crippen molar-refractivity contribution in [3.63, 3.8) is 0 Å². The lowest BCUT2D eigenvalue weighted by atomic mass is 10.1. The highest BCUT2D eigenvalue weighted by Crippen LogP contribution is 2.20. The van der Waals surface area contributed by atoms with Crippen LogP contribution in [-0.2, 0) is 6.54 Å². The summed E-state index contributed by atoms with van der Waals surface area (Å²) in [6, 6.07) is 20.6. The topological polar surface area (TPSA) is 66.7 Å². The first-order valence-corrected chi connectivity index (χ1v) is 8.94. The van der Waals surface area contributed by atoms with Gasteiger partial charge in [-0.15, -0.1) is 0 Å². The number of nitrogens with one attached hydrogen (secondary N) is 2. The smallest absolute Gasteiger partial charge is 0.123 e. The van der Waals surface area contributed by atoms with Crippen molar-refractivity contribution in [1.29, 1.82) is 0 Å². The van der Waals surface area contributed by atoms with Gasteiger partial charge in [-0.1, -0.05) is 67.1 Å². The third-order valence-electron chi connectivity index (χ3n) is 4.31. The summed E-state index contributed by atoms with van der Waals surface area (Å²) in [6.07, 6.45) is 5.08. The van der Waals surface area contributed by atoms with Crippen molar-refractivity contribution in [3.05, 3.63) is 78.2 Å². The molecule has 4 nitrogen and oxygen atoms in total. The Kier molecular flexibility index (Phi) is 6.37. The monoisotopic (exact) mass is 334 g/mol. The summed E-state index contributed by atoms with van der Waals surface area (Å²) in [5, 5.41) is 3.48. The molecule has 0 spiro atoms. The van der Waals surface area contributed by atoms with Gasteiger partial charge in [0.25, 0.3) is 0 Å². The standard InChI is InChI=1S/C21H26N4/c22-19(13-7-8-14-23-15-17-9-3-1-4-10-17)21-24-16-20(25-21)18-11-5-2-6-12-18/h1-6,9-12,16,19,23H,7-8,13-15,22H2,(H,24,25). The van der Waals surface area contributed by atoms with Crippen LogP contribution < -0.4 is 11.1 Å². The number of aromatic amines is 1. The first-order chi connectivity index (χ1) is 12.3. The fourth-order valence-corrected chi connectivity index (χ4v) is 2.86. The van der Waals surface area contributed by atoms with Crippen LogP contribution in [0.2, 0.25) is 0 Å². The molecule has 3 aromatic rings. The molecule has 1 heterocycles.